The largest absolute Gasteiger partial charge is 0.489 e. The molecule has 47 heavy (non-hydrogen) atoms. The number of nitrogens with one attached hydrogen (secondary N) is 3. The van der Waals surface area contributed by atoms with Crippen LogP contribution in [-0.2, 0) is 22.9 Å². The van der Waals surface area contributed by atoms with Gasteiger partial charge in [0.1, 0.15) is 17.7 Å². The molecule has 2 aromatic carbocycles. The van der Waals surface area contributed by atoms with E-state index >= 15 is 0 Å². The van der Waals surface area contributed by atoms with E-state index in [0.29, 0.717) is 54.4 Å². The van der Waals surface area contributed by atoms with Gasteiger partial charge >= 0.3 is 5.69 Å². The Morgan fingerprint density at radius 1 is 1.06 bits per heavy atom. The molecule has 11 nitrogen and oxygen atoms in total. The van der Waals surface area contributed by atoms with Gasteiger partial charge in [-0.3, -0.25) is 9.29 Å². The molecule has 1 fully saturated rings. The monoisotopic (exact) mass is 660 g/mol. The smallest absolute Gasteiger partial charge is 0.330 e. The summed E-state index contributed by atoms with van der Waals surface area (Å²) in [6.45, 7) is 0.874. The molecule has 2 aromatic heterocycles. The van der Waals surface area contributed by atoms with E-state index < -0.39 is 16.1 Å². The highest BCUT2D eigenvalue weighted by Crippen LogP contribution is 2.31. The fourth-order valence-corrected chi connectivity index (χ4v) is 7.68. The zero-order valence-electron chi connectivity index (χ0n) is 26.5. The minimum atomic E-state index is -3.85. The van der Waals surface area contributed by atoms with Gasteiger partial charge in [-0.25, -0.2) is 18.2 Å². The zero-order valence-corrected chi connectivity index (χ0v) is 27.3. The van der Waals surface area contributed by atoms with Crippen LogP contribution in [0.1, 0.15) is 74.3 Å². The van der Waals surface area contributed by atoms with E-state index in [2.05, 4.69) is 20.0 Å². The number of rotatable bonds is 13. The van der Waals surface area contributed by atoms with Gasteiger partial charge in [-0.2, -0.15) is 0 Å². The number of aliphatic hydroxyl groups is 1. The van der Waals surface area contributed by atoms with Crippen LogP contribution in [0.15, 0.2) is 76.7 Å². The predicted molar refractivity (Wildman–Crippen MR) is 182 cm³/mol. The summed E-state index contributed by atoms with van der Waals surface area (Å²) in [5, 5.41) is 13.6. The Morgan fingerprint density at radius 2 is 1.87 bits per heavy atom. The van der Waals surface area contributed by atoms with Crippen molar-refractivity contribution in [1.29, 1.82) is 0 Å². The number of ether oxygens (including phenoxy) is 1. The van der Waals surface area contributed by atoms with Gasteiger partial charge in [-0.15, -0.1) is 0 Å². The van der Waals surface area contributed by atoms with E-state index in [-0.39, 0.29) is 16.7 Å². The Bertz CT molecular complexity index is 1800. The molecule has 3 heterocycles. The molecular formula is C35H44N6O5S. The van der Waals surface area contributed by atoms with E-state index in [1.807, 2.05) is 6.20 Å². The molecule has 2 aliphatic rings. The molecule has 2 unspecified atom stereocenters. The molecule has 0 saturated heterocycles. The molecule has 1 aliphatic heterocycles. The fourth-order valence-electron chi connectivity index (χ4n) is 6.57. The van der Waals surface area contributed by atoms with Gasteiger partial charge in [0.25, 0.3) is 10.0 Å². The number of sulfonamides is 1. The van der Waals surface area contributed by atoms with E-state index in [4.69, 9.17) is 10.5 Å². The number of fused-ring (bicyclic) bond motifs is 1. The SMILES string of the molecule is Nc1ccc(C(O)CNCC2CCc3cc(S(=O)(=O)Nc4ccc(-n5cc(CCCC6CCCCC6)[nH]c5=O)cc4)ccc3O2)cn1. The number of nitrogens with zero attached hydrogens (tertiary/aromatic N) is 2. The summed E-state index contributed by atoms with van der Waals surface area (Å²) in [6, 6.07) is 15.1. The average molecular weight is 661 g/mol. The maximum Gasteiger partial charge on any atom is 0.330 e. The fraction of sp³-hybridized carbons (Fsp3) is 0.429. The molecule has 250 valence electrons. The first-order chi connectivity index (χ1) is 22.7. The van der Waals surface area contributed by atoms with Crippen LogP contribution < -0.4 is 26.2 Å². The second-order valence-electron chi connectivity index (χ2n) is 12.7. The normalized spacial score (nSPS) is 17.5. The number of nitrogen functional groups attached to an aromatic ring is 1. The van der Waals surface area contributed by atoms with Gasteiger partial charge in [-0.1, -0.05) is 44.6 Å². The molecule has 1 aliphatic carbocycles. The number of imidazole rings is 1. The van der Waals surface area contributed by atoms with Crippen LogP contribution in [0, 0.1) is 5.92 Å². The lowest BCUT2D eigenvalue weighted by molar-refractivity contribution is 0.146. The summed E-state index contributed by atoms with van der Waals surface area (Å²) in [5.74, 6) is 1.87. The molecule has 0 spiro atoms. The Labute approximate surface area is 275 Å². The predicted octanol–water partition coefficient (Wildman–Crippen LogP) is 4.86. The number of aryl methyl sites for hydroxylation is 2. The Morgan fingerprint density at radius 3 is 2.64 bits per heavy atom. The summed E-state index contributed by atoms with van der Waals surface area (Å²) in [6.07, 6.45) is 13.7. The summed E-state index contributed by atoms with van der Waals surface area (Å²) >= 11 is 0. The number of aliphatic hydroxyl groups excluding tert-OH is 1. The van der Waals surface area contributed by atoms with Crippen molar-refractivity contribution in [3.05, 3.63) is 94.3 Å². The third-order valence-electron chi connectivity index (χ3n) is 9.23. The van der Waals surface area contributed by atoms with Crippen molar-refractivity contribution in [1.82, 2.24) is 19.9 Å². The van der Waals surface area contributed by atoms with Crippen LogP contribution in [0.4, 0.5) is 11.5 Å². The summed E-state index contributed by atoms with van der Waals surface area (Å²) in [5.41, 5.74) is 8.91. The Kier molecular flexibility index (Phi) is 10.3. The van der Waals surface area contributed by atoms with Crippen LogP contribution in [0.25, 0.3) is 5.69 Å². The lowest BCUT2D eigenvalue weighted by atomic mass is 9.86. The number of aromatic amines is 1. The van der Waals surface area contributed by atoms with Crippen LogP contribution >= 0.6 is 0 Å². The number of nitrogens with two attached hydrogens (primary N) is 1. The Balaban J connectivity index is 1.01. The van der Waals surface area contributed by atoms with Crippen LogP contribution in [0.2, 0.25) is 0 Å². The van der Waals surface area contributed by atoms with Gasteiger partial charge in [0.05, 0.1) is 16.7 Å². The zero-order chi connectivity index (χ0) is 32.8. The van der Waals surface area contributed by atoms with Crippen LogP contribution in [0.3, 0.4) is 0 Å². The van der Waals surface area contributed by atoms with Crippen molar-refractivity contribution in [3.63, 3.8) is 0 Å². The summed E-state index contributed by atoms with van der Waals surface area (Å²) < 4.78 is 36.9. The van der Waals surface area contributed by atoms with Gasteiger partial charge in [0.15, 0.2) is 0 Å². The number of hydrogen-bond donors (Lipinski definition) is 5. The van der Waals surface area contributed by atoms with Crippen LogP contribution in [-0.4, -0.2) is 47.3 Å². The quantitative estimate of drug-likeness (QED) is 0.136. The van der Waals surface area contributed by atoms with Gasteiger partial charge in [0.2, 0.25) is 0 Å². The molecule has 0 amide bonds. The topological polar surface area (TPSA) is 164 Å². The van der Waals surface area contributed by atoms with Crippen molar-refractivity contribution in [3.8, 4) is 11.4 Å². The molecule has 12 heteroatoms. The first-order valence-electron chi connectivity index (χ1n) is 16.6. The second-order valence-corrected chi connectivity index (χ2v) is 14.4. The average Bonchev–Trinajstić information content (AvgIpc) is 3.45. The minimum absolute atomic E-state index is 0.108. The third kappa shape index (κ3) is 8.43. The van der Waals surface area contributed by atoms with Crippen molar-refractivity contribution in [2.24, 2.45) is 5.92 Å². The highest BCUT2D eigenvalue weighted by Gasteiger charge is 2.23. The number of anilines is 2. The highest BCUT2D eigenvalue weighted by molar-refractivity contribution is 7.92. The number of H-pyrrole nitrogens is 1. The standard InChI is InChI=1S/C35H44N6O5S/c36-34-18-10-26(20-38-34)32(42)22-37-21-30-15-9-25-19-31(16-17-33(25)46-30)47(44,45)40-27-11-13-29(14-12-27)41-23-28(39-35(41)43)8-4-7-24-5-2-1-3-6-24/h10-14,16-20,23-24,30,32,37,40,42H,1-9,15,21-22H2,(H2,36,38)(H,39,43). The maximum absolute atomic E-state index is 13.3. The lowest BCUT2D eigenvalue weighted by Gasteiger charge is -2.27. The maximum atomic E-state index is 13.3. The number of benzene rings is 2. The van der Waals surface area contributed by atoms with Crippen molar-refractivity contribution >= 4 is 21.5 Å². The molecular weight excluding hydrogens is 616 g/mol. The van der Waals surface area contributed by atoms with E-state index in [9.17, 15) is 18.3 Å². The van der Waals surface area contributed by atoms with Gasteiger partial charge in [-0.05, 0) is 85.7 Å². The molecule has 4 aromatic rings. The summed E-state index contributed by atoms with van der Waals surface area (Å²) in [7, 11) is -3.85. The number of aromatic nitrogens is 3. The lowest BCUT2D eigenvalue weighted by Crippen LogP contribution is -2.36. The van der Waals surface area contributed by atoms with Crippen molar-refractivity contribution < 1.29 is 18.3 Å². The molecule has 6 N–H and O–H groups in total. The highest BCUT2D eigenvalue weighted by atomic mass is 32.2. The molecule has 0 radical (unpaired) electrons. The molecule has 6 rings (SSSR count). The second kappa shape index (κ2) is 14.7. The molecule has 1 saturated carbocycles. The van der Waals surface area contributed by atoms with Crippen molar-refractivity contribution in [2.75, 3.05) is 23.5 Å². The minimum Gasteiger partial charge on any atom is -0.489 e. The van der Waals surface area contributed by atoms with Crippen LogP contribution in [0.5, 0.6) is 5.75 Å². The third-order valence-corrected chi connectivity index (χ3v) is 10.6. The van der Waals surface area contributed by atoms with E-state index in [1.54, 1.807) is 65.4 Å². The van der Waals surface area contributed by atoms with Crippen molar-refractivity contribution in [2.45, 2.75) is 81.3 Å². The van der Waals surface area contributed by atoms with Gasteiger partial charge in [0, 0.05) is 42.4 Å². The number of hydrogen-bond acceptors (Lipinski definition) is 8. The molecule has 2 atom stereocenters. The first kappa shape index (κ1) is 32.8. The van der Waals surface area contributed by atoms with Gasteiger partial charge < -0.3 is 25.9 Å². The first-order valence-corrected chi connectivity index (χ1v) is 18.1. The number of pyridine rings is 1. The van der Waals surface area contributed by atoms with E-state index in [1.165, 1.54) is 38.5 Å². The van der Waals surface area contributed by atoms with E-state index in [0.717, 1.165) is 30.0 Å². The summed E-state index contributed by atoms with van der Waals surface area (Å²) in [4.78, 5) is 19.8. The Hall–Kier alpha value is -4.13. The molecule has 0 bridgehead atoms.